The van der Waals surface area contributed by atoms with Gasteiger partial charge in [0.2, 0.25) is 0 Å². The number of hydrazine groups is 1. The minimum atomic E-state index is -3.24. The van der Waals surface area contributed by atoms with Crippen LogP contribution in [0.2, 0.25) is 0 Å². The van der Waals surface area contributed by atoms with Gasteiger partial charge in [0, 0.05) is 72.7 Å². The third-order valence-corrected chi connectivity index (χ3v) is 19.9. The largest absolute Gasteiger partial charge is 0.481 e. The number of aliphatic carboxylic acids is 1. The number of carbonyl (C=O) groups excluding carboxylic acids is 6. The molecule has 24 heteroatoms. The maximum absolute atomic E-state index is 11.9. The number of benzene rings is 1. The Hall–Kier alpha value is -7.15. The summed E-state index contributed by atoms with van der Waals surface area (Å²) >= 11 is 0. The molecule has 0 atom stereocenters. The summed E-state index contributed by atoms with van der Waals surface area (Å²) in [6.07, 6.45) is 21.4. The van der Waals surface area contributed by atoms with Crippen molar-refractivity contribution in [2.45, 2.75) is 249 Å². The maximum atomic E-state index is 11.9. The van der Waals surface area contributed by atoms with Crippen molar-refractivity contribution >= 4 is 51.6 Å². The number of carbonyl (C=O) groups is 7. The van der Waals surface area contributed by atoms with Gasteiger partial charge < -0.3 is 39.4 Å². The van der Waals surface area contributed by atoms with E-state index in [9.17, 15) is 42.0 Å². The van der Waals surface area contributed by atoms with Gasteiger partial charge >= 0.3 is 35.9 Å². The standard InChI is InChI=1S/C27H26N4O2S.C14H25NO4.C13H23NO4.C12H22N2O2.C8H12O3/c1-17-4-3-5-23(29-17)26-25(27-19-6-10-21(11-7-19)31(27)30-26)20-14-15-28-24(16-20)18-8-12-22(13-9-18)34(2,32)33;1-14(2,3)19-12(16)9-15-11-7-5-10(6-8-11)13(17)18-4;1-13(2,3)18-11(15)8-14-10-6-4-9(5-7-10)12(16)17;1-12(2,3)16-11(15)13-14-8-9-4-6-10(14)7-5-9;1-11-8(10)6-2-4-7(9)5-3-6/h3-5,8-9,12-16,19,21H,6-7,10-11H2,1-2H3;10-11,15H,5-9H2,1-4H3;9-10,14H,4-8H2,1-3H3,(H,16,17);9-10H,4-8H2,1-3H3,(H,13,15);6H,2-5H2,1H3. The summed E-state index contributed by atoms with van der Waals surface area (Å²) < 4.78 is 51.0. The first-order valence-corrected chi connectivity index (χ1v) is 36.9. The van der Waals surface area contributed by atoms with Crippen molar-refractivity contribution in [1.82, 2.24) is 40.8 Å². The smallest absolute Gasteiger partial charge is 0.422 e. The molecule has 5 saturated carbocycles. The number of aromatic nitrogens is 4. The highest BCUT2D eigenvalue weighted by Crippen LogP contribution is 2.51. The van der Waals surface area contributed by atoms with E-state index in [0.29, 0.717) is 61.4 Å². The molecule has 540 valence electrons. The summed E-state index contributed by atoms with van der Waals surface area (Å²) in [5, 5.41) is 22.4. The van der Waals surface area contributed by atoms with Gasteiger partial charge in [-0.3, -0.25) is 48.8 Å². The minimum Gasteiger partial charge on any atom is -0.481 e. The van der Waals surface area contributed by atoms with Crippen LogP contribution in [0.4, 0.5) is 4.79 Å². The van der Waals surface area contributed by atoms with Crippen LogP contribution in [0.3, 0.4) is 0 Å². The molecular weight excluding hydrogens is 1270 g/mol. The second-order valence-corrected chi connectivity index (χ2v) is 32.1. The zero-order valence-corrected chi connectivity index (χ0v) is 60.9. The average molecular weight is 1380 g/mol. The summed E-state index contributed by atoms with van der Waals surface area (Å²) in [4.78, 5) is 88.3. The molecule has 4 aliphatic heterocycles. The van der Waals surface area contributed by atoms with Gasteiger partial charge in [-0.1, -0.05) is 18.2 Å². The predicted octanol–water partition coefficient (Wildman–Crippen LogP) is 12.0. The van der Waals surface area contributed by atoms with Crippen LogP contribution in [0.25, 0.3) is 33.8 Å². The average Bonchev–Trinajstić information content (AvgIpc) is 1.58. The number of hydrogen-bond acceptors (Lipinski definition) is 20. The first kappa shape index (κ1) is 78.2. The van der Waals surface area contributed by atoms with Gasteiger partial charge in [-0.25, -0.2) is 18.2 Å². The van der Waals surface area contributed by atoms with E-state index in [4.69, 9.17) is 34.1 Å². The summed E-state index contributed by atoms with van der Waals surface area (Å²) in [5.74, 6) is -0.178. The molecule has 98 heavy (non-hydrogen) atoms. The number of carboxylic acids is 1. The van der Waals surface area contributed by atoms with Gasteiger partial charge in [-0.15, -0.1) is 0 Å². The van der Waals surface area contributed by atoms with Crippen LogP contribution in [0.5, 0.6) is 0 Å². The highest BCUT2D eigenvalue weighted by Gasteiger charge is 2.39. The number of sulfone groups is 1. The molecule has 7 fully saturated rings. The van der Waals surface area contributed by atoms with E-state index in [2.05, 4.69) is 41.5 Å². The third-order valence-electron chi connectivity index (χ3n) is 18.8. The number of pyridine rings is 2. The Morgan fingerprint density at radius 1 is 0.602 bits per heavy atom. The van der Waals surface area contributed by atoms with Crippen LogP contribution in [0.15, 0.2) is 65.7 Å². The molecule has 23 nitrogen and oxygen atoms in total. The Morgan fingerprint density at radius 2 is 1.11 bits per heavy atom. The topological polar surface area (TPSA) is 303 Å². The quantitative estimate of drug-likeness (QED) is 0.0673. The van der Waals surface area contributed by atoms with E-state index in [-0.39, 0.29) is 78.7 Å². The Kier molecular flexibility index (Phi) is 28.1. The van der Waals surface area contributed by atoms with Crippen LogP contribution in [-0.4, -0.2) is 155 Å². The fraction of sp³-hybridized carbons (Fsp3) is 0.649. The molecule has 4 aromatic rings. The molecule has 4 N–H and O–H groups in total. The minimum absolute atomic E-state index is 0.0181. The van der Waals surface area contributed by atoms with Crippen molar-refractivity contribution in [1.29, 1.82) is 0 Å². The monoisotopic (exact) mass is 1380 g/mol. The van der Waals surface area contributed by atoms with E-state index >= 15 is 0 Å². The molecule has 0 radical (unpaired) electrons. The SMILES string of the molecule is CC(C)(C)OC(=O)CNC1CCC(C(=O)O)CC1.CC(C)(C)OC(=O)NN1CC2CCC1CC2.COC(=O)C1CCC(=O)CC1.COC(=O)C1CCC(NCC(=O)OC(C)(C)C)CC1.Cc1cccc(-c2nn3c(c2-c2ccnc(-c4ccc(S(C)(=O)=O)cc4)c2)C2CCC3CC2)n1. The van der Waals surface area contributed by atoms with Crippen molar-refractivity contribution in [3.05, 3.63) is 72.2 Å². The number of Topliss-reactive ketones (excluding diaryl/α,β-unsaturated/α-hetero) is 1. The lowest BCUT2D eigenvalue weighted by Crippen LogP contribution is -2.56. The number of nitrogens with zero attached hydrogens (tertiary/aromatic N) is 5. The number of ketones is 1. The Labute approximate surface area is 579 Å². The zero-order chi connectivity index (χ0) is 71.7. The van der Waals surface area contributed by atoms with Crippen LogP contribution in [-0.2, 0) is 62.3 Å². The molecule has 1 aromatic carbocycles. The fourth-order valence-electron chi connectivity index (χ4n) is 13.9. The molecule has 1 amide bonds. The first-order valence-electron chi connectivity index (χ1n) is 35.1. The molecule has 13 rings (SSSR count). The normalized spacial score (nSPS) is 23.0. The lowest BCUT2D eigenvalue weighted by atomic mass is 9.77. The van der Waals surface area contributed by atoms with Gasteiger partial charge in [0.15, 0.2) is 9.84 Å². The molecule has 0 unspecified atom stereocenters. The van der Waals surface area contributed by atoms with Crippen LogP contribution in [0.1, 0.15) is 214 Å². The number of amides is 1. The number of hydrogen-bond donors (Lipinski definition) is 4. The lowest BCUT2D eigenvalue weighted by Gasteiger charge is -2.44. The fourth-order valence-corrected chi connectivity index (χ4v) is 14.5. The molecular formula is C74H108N8O15S. The predicted molar refractivity (Wildman–Crippen MR) is 372 cm³/mol. The number of esters is 4. The van der Waals surface area contributed by atoms with Gasteiger partial charge in [0.25, 0.3) is 0 Å². The molecule has 0 spiro atoms. The number of nitrogens with one attached hydrogen (secondary N) is 3. The van der Waals surface area contributed by atoms with Gasteiger partial charge in [0.05, 0.1) is 73.1 Å². The summed E-state index contributed by atoms with van der Waals surface area (Å²) in [6.45, 7) is 20.1. The number of fused-ring (bicyclic) bond motifs is 5. The van der Waals surface area contributed by atoms with Gasteiger partial charge in [-0.05, 0) is 233 Å². The van der Waals surface area contributed by atoms with Crippen molar-refractivity contribution in [3.8, 4) is 33.8 Å². The van der Waals surface area contributed by atoms with Crippen LogP contribution in [0, 0.1) is 30.6 Å². The highest BCUT2D eigenvalue weighted by atomic mass is 32.2. The molecule has 5 aliphatic carbocycles. The Balaban J connectivity index is 0.000000183. The van der Waals surface area contributed by atoms with E-state index in [1.165, 1.54) is 77.5 Å². The summed E-state index contributed by atoms with van der Waals surface area (Å²) in [7, 11) is -0.425. The van der Waals surface area contributed by atoms with E-state index in [0.717, 1.165) is 90.5 Å². The van der Waals surface area contributed by atoms with E-state index in [1.54, 1.807) is 12.1 Å². The van der Waals surface area contributed by atoms with Crippen LogP contribution >= 0.6 is 0 Å². The second-order valence-electron chi connectivity index (χ2n) is 30.1. The van der Waals surface area contributed by atoms with Crippen LogP contribution < -0.4 is 16.1 Å². The zero-order valence-electron chi connectivity index (χ0n) is 60.0. The van der Waals surface area contributed by atoms with Crippen molar-refractivity contribution in [2.24, 2.45) is 23.7 Å². The molecule has 7 heterocycles. The van der Waals surface area contributed by atoms with Crippen molar-refractivity contribution in [3.63, 3.8) is 0 Å². The second kappa shape index (κ2) is 35.3. The lowest BCUT2D eigenvalue weighted by molar-refractivity contribution is -0.155. The number of carboxylic acid groups (broad SMARTS) is 1. The Bertz CT molecular complexity index is 3440. The van der Waals surface area contributed by atoms with Gasteiger partial charge in [0.1, 0.15) is 28.3 Å². The molecule has 9 aliphatic rings. The van der Waals surface area contributed by atoms with E-state index in [1.807, 2.05) is 112 Å². The Morgan fingerprint density at radius 3 is 1.58 bits per heavy atom. The van der Waals surface area contributed by atoms with Crippen molar-refractivity contribution in [2.75, 3.05) is 40.1 Å². The number of ether oxygens (including phenoxy) is 5. The molecule has 2 saturated heterocycles. The maximum Gasteiger partial charge on any atom is 0.422 e. The molecule has 3 aromatic heterocycles. The van der Waals surface area contributed by atoms with E-state index < -0.39 is 32.6 Å². The van der Waals surface area contributed by atoms with Crippen molar-refractivity contribution < 1.29 is 70.8 Å². The highest BCUT2D eigenvalue weighted by molar-refractivity contribution is 7.90. The number of methoxy groups -OCH3 is 2. The third kappa shape index (κ3) is 24.3. The summed E-state index contributed by atoms with van der Waals surface area (Å²) in [6, 6.07) is 18.7. The molecule has 4 bridgehead atoms. The summed E-state index contributed by atoms with van der Waals surface area (Å²) in [5.41, 5.74) is 9.60. The number of rotatable bonds is 14. The number of piperidine rings is 2. The number of aryl methyl sites for hydroxylation is 1. The van der Waals surface area contributed by atoms with Gasteiger partial charge in [-0.2, -0.15) is 5.10 Å². The first-order chi connectivity index (χ1) is 46.1.